The summed E-state index contributed by atoms with van der Waals surface area (Å²) in [4.78, 5) is 14.3. The fourth-order valence-corrected chi connectivity index (χ4v) is 5.59. The SMILES string of the molecule is C/C(=C\C(=O)N1CCN(S(=O)(=O)N(C)C2CCCCC2)CC1)c1ccccc1. The van der Waals surface area contributed by atoms with Gasteiger partial charge in [-0.05, 0) is 30.9 Å². The van der Waals surface area contributed by atoms with E-state index in [2.05, 4.69) is 0 Å². The Hall–Kier alpha value is -1.70. The first-order chi connectivity index (χ1) is 13.4. The average molecular weight is 406 g/mol. The van der Waals surface area contributed by atoms with Crippen molar-refractivity contribution in [1.82, 2.24) is 13.5 Å². The summed E-state index contributed by atoms with van der Waals surface area (Å²) < 4.78 is 29.0. The van der Waals surface area contributed by atoms with Crippen LogP contribution in [0.4, 0.5) is 0 Å². The maximum absolute atomic E-state index is 13.0. The molecule has 0 radical (unpaired) electrons. The van der Waals surface area contributed by atoms with Crippen molar-refractivity contribution in [2.75, 3.05) is 33.2 Å². The maximum atomic E-state index is 13.0. The average Bonchev–Trinajstić information content (AvgIpc) is 2.74. The molecular formula is C21H31N3O3S. The molecule has 0 atom stereocenters. The van der Waals surface area contributed by atoms with Crippen LogP contribution < -0.4 is 0 Å². The number of carbonyl (C=O) groups is 1. The van der Waals surface area contributed by atoms with E-state index in [1.165, 1.54) is 10.7 Å². The highest BCUT2D eigenvalue weighted by Gasteiger charge is 2.35. The molecule has 1 heterocycles. The zero-order chi connectivity index (χ0) is 20.1. The summed E-state index contributed by atoms with van der Waals surface area (Å²) in [6.07, 6.45) is 6.92. The van der Waals surface area contributed by atoms with E-state index in [0.29, 0.717) is 26.2 Å². The molecule has 1 saturated carbocycles. The molecule has 0 N–H and O–H groups in total. The quantitative estimate of drug-likeness (QED) is 0.708. The highest BCUT2D eigenvalue weighted by Crippen LogP contribution is 2.25. The Balaban J connectivity index is 1.58. The topological polar surface area (TPSA) is 60.9 Å². The number of benzene rings is 1. The summed E-state index contributed by atoms with van der Waals surface area (Å²) in [6.45, 7) is 3.48. The molecule has 2 aliphatic rings. The molecule has 7 heteroatoms. The largest absolute Gasteiger partial charge is 0.337 e. The van der Waals surface area contributed by atoms with E-state index < -0.39 is 10.2 Å². The van der Waals surface area contributed by atoms with Gasteiger partial charge in [-0.2, -0.15) is 17.0 Å². The van der Waals surface area contributed by atoms with E-state index >= 15 is 0 Å². The maximum Gasteiger partial charge on any atom is 0.282 e. The van der Waals surface area contributed by atoms with Gasteiger partial charge in [0.2, 0.25) is 5.91 Å². The molecule has 154 valence electrons. The smallest absolute Gasteiger partial charge is 0.282 e. The lowest BCUT2D eigenvalue weighted by molar-refractivity contribution is -0.127. The normalized spacial score (nSPS) is 20.5. The Labute approximate surface area is 169 Å². The molecule has 28 heavy (non-hydrogen) atoms. The summed E-state index contributed by atoms with van der Waals surface area (Å²) >= 11 is 0. The van der Waals surface area contributed by atoms with Crippen molar-refractivity contribution in [3.05, 3.63) is 42.0 Å². The van der Waals surface area contributed by atoms with Gasteiger partial charge in [-0.3, -0.25) is 4.79 Å². The Kier molecular flexibility index (Phi) is 6.91. The van der Waals surface area contributed by atoms with Crippen molar-refractivity contribution in [3.8, 4) is 0 Å². The number of nitrogens with zero attached hydrogens (tertiary/aromatic N) is 3. The molecular weight excluding hydrogens is 374 g/mol. The van der Waals surface area contributed by atoms with E-state index in [1.54, 1.807) is 22.3 Å². The van der Waals surface area contributed by atoms with Crippen molar-refractivity contribution in [2.24, 2.45) is 0 Å². The van der Waals surface area contributed by atoms with Crippen LogP contribution in [-0.4, -0.2) is 67.1 Å². The minimum absolute atomic E-state index is 0.0564. The second-order valence-electron chi connectivity index (χ2n) is 7.73. The van der Waals surface area contributed by atoms with Gasteiger partial charge in [-0.1, -0.05) is 49.6 Å². The van der Waals surface area contributed by atoms with Crippen molar-refractivity contribution in [2.45, 2.75) is 45.1 Å². The fraction of sp³-hybridized carbons (Fsp3) is 0.571. The molecule has 0 aromatic heterocycles. The molecule has 1 aromatic rings. The molecule has 0 spiro atoms. The third-order valence-electron chi connectivity index (χ3n) is 5.90. The first-order valence-corrected chi connectivity index (χ1v) is 11.5. The summed E-state index contributed by atoms with van der Waals surface area (Å²) in [5, 5.41) is 0. The molecule has 2 fully saturated rings. The van der Waals surface area contributed by atoms with E-state index in [-0.39, 0.29) is 11.9 Å². The van der Waals surface area contributed by atoms with Crippen LogP contribution in [-0.2, 0) is 15.0 Å². The number of rotatable bonds is 5. The van der Waals surface area contributed by atoms with E-state index in [9.17, 15) is 13.2 Å². The van der Waals surface area contributed by atoms with Crippen molar-refractivity contribution >= 4 is 21.7 Å². The van der Waals surface area contributed by atoms with Gasteiger partial charge in [-0.15, -0.1) is 0 Å². The highest BCUT2D eigenvalue weighted by molar-refractivity contribution is 7.86. The lowest BCUT2D eigenvalue weighted by Crippen LogP contribution is -2.55. The van der Waals surface area contributed by atoms with Crippen LogP contribution in [0.15, 0.2) is 36.4 Å². The third-order valence-corrected chi connectivity index (χ3v) is 7.94. The molecule has 1 aliphatic heterocycles. The molecule has 0 bridgehead atoms. The Morgan fingerprint density at radius 2 is 1.64 bits per heavy atom. The second kappa shape index (κ2) is 9.20. The van der Waals surface area contributed by atoms with Gasteiger partial charge < -0.3 is 4.90 Å². The van der Waals surface area contributed by atoms with Crippen LogP contribution >= 0.6 is 0 Å². The molecule has 3 rings (SSSR count). The molecule has 6 nitrogen and oxygen atoms in total. The number of piperazine rings is 1. The monoisotopic (exact) mass is 405 g/mol. The van der Waals surface area contributed by atoms with Gasteiger partial charge in [0, 0.05) is 45.3 Å². The lowest BCUT2D eigenvalue weighted by Gasteiger charge is -2.38. The van der Waals surface area contributed by atoms with Crippen LogP contribution in [0, 0.1) is 0 Å². The zero-order valence-electron chi connectivity index (χ0n) is 16.9. The molecule has 1 aromatic carbocycles. The zero-order valence-corrected chi connectivity index (χ0v) is 17.7. The van der Waals surface area contributed by atoms with E-state index in [0.717, 1.165) is 36.8 Å². The highest BCUT2D eigenvalue weighted by atomic mass is 32.2. The van der Waals surface area contributed by atoms with Gasteiger partial charge >= 0.3 is 0 Å². The van der Waals surface area contributed by atoms with Gasteiger partial charge in [-0.25, -0.2) is 0 Å². The summed E-state index contributed by atoms with van der Waals surface area (Å²) in [5.74, 6) is -0.0564. The molecule has 1 aliphatic carbocycles. The molecule has 0 unspecified atom stereocenters. The van der Waals surface area contributed by atoms with Crippen LogP contribution in [0.3, 0.4) is 0 Å². The molecule has 1 amide bonds. The Morgan fingerprint density at radius 1 is 1.04 bits per heavy atom. The Morgan fingerprint density at radius 3 is 2.25 bits per heavy atom. The van der Waals surface area contributed by atoms with Crippen LogP contribution in [0.5, 0.6) is 0 Å². The van der Waals surface area contributed by atoms with Gasteiger partial charge in [0.1, 0.15) is 0 Å². The first kappa shape index (κ1) is 21.0. The van der Waals surface area contributed by atoms with E-state index in [4.69, 9.17) is 0 Å². The van der Waals surface area contributed by atoms with Gasteiger partial charge in [0.05, 0.1) is 0 Å². The number of hydrogen-bond donors (Lipinski definition) is 0. The van der Waals surface area contributed by atoms with Gasteiger partial charge in [0.25, 0.3) is 10.2 Å². The second-order valence-corrected chi connectivity index (χ2v) is 9.72. The third kappa shape index (κ3) is 4.82. The minimum Gasteiger partial charge on any atom is -0.337 e. The number of amides is 1. The summed E-state index contributed by atoms with van der Waals surface area (Å²) in [6, 6.07) is 9.90. The minimum atomic E-state index is -3.46. The number of hydrogen-bond acceptors (Lipinski definition) is 3. The van der Waals surface area contributed by atoms with Crippen LogP contribution in [0.1, 0.15) is 44.6 Å². The standard InChI is InChI=1S/C21H31N3O3S/c1-18(19-9-5-3-6-10-19)17-21(25)23-13-15-24(16-14-23)28(26,27)22(2)20-11-7-4-8-12-20/h3,5-6,9-10,17,20H,4,7-8,11-16H2,1-2H3/b18-17+. The number of carbonyl (C=O) groups excluding carboxylic acids is 1. The van der Waals surface area contributed by atoms with Crippen LogP contribution in [0.25, 0.3) is 5.57 Å². The first-order valence-electron chi connectivity index (χ1n) is 10.2. The van der Waals surface area contributed by atoms with Crippen molar-refractivity contribution in [1.29, 1.82) is 0 Å². The summed E-state index contributed by atoms with van der Waals surface area (Å²) in [5.41, 5.74) is 1.93. The van der Waals surface area contributed by atoms with E-state index in [1.807, 2.05) is 37.3 Å². The van der Waals surface area contributed by atoms with Crippen molar-refractivity contribution < 1.29 is 13.2 Å². The summed E-state index contributed by atoms with van der Waals surface area (Å²) in [7, 11) is -1.76. The lowest BCUT2D eigenvalue weighted by atomic mass is 9.96. The van der Waals surface area contributed by atoms with Crippen LogP contribution in [0.2, 0.25) is 0 Å². The number of allylic oxidation sites excluding steroid dienone is 1. The predicted molar refractivity (Wildman–Crippen MR) is 112 cm³/mol. The fourth-order valence-electron chi connectivity index (χ4n) is 4.02. The Bertz CT molecular complexity index is 793. The predicted octanol–water partition coefficient (Wildman–Crippen LogP) is 2.74. The van der Waals surface area contributed by atoms with Gasteiger partial charge in [0.15, 0.2) is 0 Å². The molecule has 1 saturated heterocycles. The van der Waals surface area contributed by atoms with Crippen molar-refractivity contribution in [3.63, 3.8) is 0 Å².